The molecule has 0 spiro atoms. The minimum absolute atomic E-state index is 0.124. The van der Waals surface area contributed by atoms with E-state index in [0.29, 0.717) is 5.92 Å². The molecule has 0 bridgehead atoms. The van der Waals surface area contributed by atoms with Gasteiger partial charge in [0, 0.05) is 5.41 Å². The molecule has 0 aromatic carbocycles. The summed E-state index contributed by atoms with van der Waals surface area (Å²) in [7, 11) is 0. The lowest BCUT2D eigenvalue weighted by Crippen LogP contribution is -2.27. The van der Waals surface area contributed by atoms with E-state index in [1.54, 1.807) is 0 Å². The van der Waals surface area contributed by atoms with Crippen molar-refractivity contribution in [1.82, 2.24) is 0 Å². The van der Waals surface area contributed by atoms with Gasteiger partial charge in [-0.1, -0.05) is 58.4 Å². The zero-order valence-electron chi connectivity index (χ0n) is 12.2. The summed E-state index contributed by atoms with van der Waals surface area (Å²) in [5.74, 6) is 0.575. The molecule has 0 saturated carbocycles. The highest BCUT2D eigenvalue weighted by Crippen LogP contribution is 2.44. The Kier molecular flexibility index (Phi) is 4.24. The standard InChI is InChI=1S/C16H28O/c1-7-14(17)15(3,4)11-10-13-9-8-12(2)16(13,5)6/h8,10-11,13-14,17H,7,9H2,1-6H3/b11-10+/t13-,14+/m0/s1. The van der Waals surface area contributed by atoms with Crippen molar-refractivity contribution in [3.05, 3.63) is 23.8 Å². The first kappa shape index (κ1) is 14.5. The lowest BCUT2D eigenvalue weighted by atomic mass is 9.76. The van der Waals surface area contributed by atoms with E-state index in [9.17, 15) is 5.11 Å². The predicted molar refractivity (Wildman–Crippen MR) is 74.9 cm³/mol. The Morgan fingerprint density at radius 2 is 2.12 bits per heavy atom. The van der Waals surface area contributed by atoms with Crippen molar-refractivity contribution in [2.45, 2.75) is 60.5 Å². The third kappa shape index (κ3) is 3.01. The van der Waals surface area contributed by atoms with Gasteiger partial charge in [-0.3, -0.25) is 0 Å². The van der Waals surface area contributed by atoms with Crippen LogP contribution in [0, 0.1) is 16.7 Å². The summed E-state index contributed by atoms with van der Waals surface area (Å²) in [6.07, 6.45) is 8.55. The first-order valence-corrected chi connectivity index (χ1v) is 6.76. The number of hydrogen-bond acceptors (Lipinski definition) is 1. The number of aliphatic hydroxyl groups is 1. The van der Waals surface area contributed by atoms with Crippen molar-refractivity contribution < 1.29 is 5.11 Å². The van der Waals surface area contributed by atoms with Gasteiger partial charge in [-0.15, -0.1) is 0 Å². The van der Waals surface area contributed by atoms with Crippen LogP contribution < -0.4 is 0 Å². The minimum Gasteiger partial charge on any atom is -0.392 e. The summed E-state index contributed by atoms with van der Waals surface area (Å²) in [6, 6.07) is 0. The molecule has 0 aromatic heterocycles. The molecule has 2 atom stereocenters. The second-order valence-electron chi connectivity index (χ2n) is 6.56. The lowest BCUT2D eigenvalue weighted by Gasteiger charge is -2.30. The van der Waals surface area contributed by atoms with Gasteiger partial charge in [0.25, 0.3) is 0 Å². The number of hydrogen-bond donors (Lipinski definition) is 1. The molecule has 1 aliphatic carbocycles. The topological polar surface area (TPSA) is 20.2 Å². The molecule has 0 aromatic rings. The average molecular weight is 236 g/mol. The maximum Gasteiger partial charge on any atom is 0.0622 e. The lowest BCUT2D eigenvalue weighted by molar-refractivity contribution is 0.0780. The van der Waals surface area contributed by atoms with Crippen LogP contribution >= 0.6 is 0 Å². The highest BCUT2D eigenvalue weighted by atomic mass is 16.3. The van der Waals surface area contributed by atoms with Crippen LogP contribution in [-0.4, -0.2) is 11.2 Å². The van der Waals surface area contributed by atoms with Crippen molar-refractivity contribution in [3.8, 4) is 0 Å². The largest absolute Gasteiger partial charge is 0.392 e. The molecular formula is C16H28O. The van der Waals surface area contributed by atoms with Crippen LogP contribution in [-0.2, 0) is 0 Å². The first-order chi connectivity index (χ1) is 7.71. The fourth-order valence-corrected chi connectivity index (χ4v) is 2.47. The molecule has 98 valence electrons. The zero-order valence-corrected chi connectivity index (χ0v) is 12.2. The van der Waals surface area contributed by atoms with E-state index in [4.69, 9.17) is 0 Å². The molecule has 1 N–H and O–H groups in total. The quantitative estimate of drug-likeness (QED) is 0.720. The fourth-order valence-electron chi connectivity index (χ4n) is 2.47. The molecule has 0 unspecified atom stereocenters. The van der Waals surface area contributed by atoms with Gasteiger partial charge in [0.1, 0.15) is 0 Å². The SMILES string of the molecule is CC[C@@H](O)C(C)(C)/C=C/[C@@H]1CC=C(C)C1(C)C. The van der Waals surface area contributed by atoms with E-state index >= 15 is 0 Å². The smallest absolute Gasteiger partial charge is 0.0622 e. The van der Waals surface area contributed by atoms with E-state index in [-0.39, 0.29) is 16.9 Å². The average Bonchev–Trinajstić information content (AvgIpc) is 2.50. The number of aliphatic hydroxyl groups excluding tert-OH is 1. The van der Waals surface area contributed by atoms with Gasteiger partial charge in [-0.05, 0) is 31.1 Å². The van der Waals surface area contributed by atoms with Crippen LogP contribution in [0.1, 0.15) is 54.4 Å². The fraction of sp³-hybridized carbons (Fsp3) is 0.750. The minimum atomic E-state index is -0.252. The van der Waals surface area contributed by atoms with Crippen molar-refractivity contribution in [2.24, 2.45) is 16.7 Å². The molecule has 1 rings (SSSR count). The Bertz CT molecular complexity index is 320. The predicted octanol–water partition coefficient (Wildman–Crippen LogP) is 4.33. The van der Waals surface area contributed by atoms with Crippen molar-refractivity contribution in [1.29, 1.82) is 0 Å². The maximum atomic E-state index is 9.98. The Morgan fingerprint density at radius 1 is 1.53 bits per heavy atom. The van der Waals surface area contributed by atoms with E-state index in [1.165, 1.54) is 5.57 Å². The third-order valence-corrected chi connectivity index (χ3v) is 4.62. The van der Waals surface area contributed by atoms with Crippen LogP contribution in [0.3, 0.4) is 0 Å². The molecule has 1 nitrogen and oxygen atoms in total. The monoisotopic (exact) mass is 236 g/mol. The molecule has 17 heavy (non-hydrogen) atoms. The van der Waals surface area contributed by atoms with Gasteiger partial charge in [0.2, 0.25) is 0 Å². The van der Waals surface area contributed by atoms with Gasteiger partial charge in [-0.25, -0.2) is 0 Å². The summed E-state index contributed by atoms with van der Waals surface area (Å²) in [6.45, 7) is 13.1. The van der Waals surface area contributed by atoms with Gasteiger partial charge in [0.15, 0.2) is 0 Å². The Labute approximate surface area is 107 Å². The number of allylic oxidation sites excluding steroid dienone is 3. The van der Waals surface area contributed by atoms with E-state index in [2.05, 4.69) is 52.8 Å². The van der Waals surface area contributed by atoms with Crippen LogP contribution in [0.15, 0.2) is 23.8 Å². The number of rotatable bonds is 4. The summed E-state index contributed by atoms with van der Waals surface area (Å²) >= 11 is 0. The summed E-state index contributed by atoms with van der Waals surface area (Å²) < 4.78 is 0. The Morgan fingerprint density at radius 3 is 2.53 bits per heavy atom. The highest BCUT2D eigenvalue weighted by molar-refractivity contribution is 5.22. The molecule has 0 aliphatic heterocycles. The van der Waals surface area contributed by atoms with Crippen LogP contribution in [0.25, 0.3) is 0 Å². The highest BCUT2D eigenvalue weighted by Gasteiger charge is 2.33. The van der Waals surface area contributed by atoms with Gasteiger partial charge in [0.05, 0.1) is 6.10 Å². The molecular weight excluding hydrogens is 208 g/mol. The normalized spacial score (nSPS) is 26.3. The Hall–Kier alpha value is -0.560. The van der Waals surface area contributed by atoms with E-state index in [0.717, 1.165) is 12.8 Å². The molecule has 0 amide bonds. The van der Waals surface area contributed by atoms with Gasteiger partial charge >= 0.3 is 0 Å². The van der Waals surface area contributed by atoms with Gasteiger partial charge < -0.3 is 5.11 Å². The second kappa shape index (κ2) is 4.97. The second-order valence-corrected chi connectivity index (χ2v) is 6.56. The first-order valence-electron chi connectivity index (χ1n) is 6.76. The molecule has 0 saturated heterocycles. The molecule has 0 heterocycles. The molecule has 0 radical (unpaired) electrons. The Balaban J connectivity index is 2.74. The molecule has 0 fully saturated rings. The summed E-state index contributed by atoms with van der Waals surface area (Å²) in [4.78, 5) is 0. The molecule has 1 heteroatoms. The summed E-state index contributed by atoms with van der Waals surface area (Å²) in [5, 5.41) is 9.98. The van der Waals surface area contributed by atoms with Crippen LogP contribution in [0.4, 0.5) is 0 Å². The van der Waals surface area contributed by atoms with E-state index in [1.807, 2.05) is 6.92 Å². The van der Waals surface area contributed by atoms with E-state index < -0.39 is 0 Å². The maximum absolute atomic E-state index is 9.98. The van der Waals surface area contributed by atoms with Crippen LogP contribution in [0.2, 0.25) is 0 Å². The summed E-state index contributed by atoms with van der Waals surface area (Å²) in [5.41, 5.74) is 1.63. The van der Waals surface area contributed by atoms with Crippen LogP contribution in [0.5, 0.6) is 0 Å². The van der Waals surface area contributed by atoms with Crippen molar-refractivity contribution in [2.75, 3.05) is 0 Å². The zero-order chi connectivity index (χ0) is 13.3. The van der Waals surface area contributed by atoms with Crippen molar-refractivity contribution in [3.63, 3.8) is 0 Å². The third-order valence-electron chi connectivity index (χ3n) is 4.62. The van der Waals surface area contributed by atoms with Crippen molar-refractivity contribution >= 4 is 0 Å². The molecule has 1 aliphatic rings. The van der Waals surface area contributed by atoms with Gasteiger partial charge in [-0.2, -0.15) is 0 Å².